The summed E-state index contributed by atoms with van der Waals surface area (Å²) in [5.74, 6) is -0.308. The summed E-state index contributed by atoms with van der Waals surface area (Å²) in [6, 6.07) is 0. The minimum Gasteiger partial charge on any atom is -0.375 e. The normalized spacial score (nSPS) is 21.5. The number of ketones is 1. The maximum Gasteiger partial charge on any atom is 0.292 e. The Hall–Kier alpha value is -0.500. The fraction of sp³-hybridized carbons (Fsp3) is 0.909. The van der Waals surface area contributed by atoms with E-state index in [-0.39, 0.29) is 11.7 Å². The van der Waals surface area contributed by atoms with Crippen molar-refractivity contribution in [3.63, 3.8) is 0 Å². The van der Waals surface area contributed by atoms with Gasteiger partial charge in [-0.1, -0.05) is 19.3 Å². The molecule has 1 saturated carbocycles. The van der Waals surface area contributed by atoms with Crippen molar-refractivity contribution in [3.8, 4) is 0 Å². The third-order valence-electron chi connectivity index (χ3n) is 3.37. The molecule has 0 bridgehead atoms. The first-order valence-corrected chi connectivity index (χ1v) is 7.57. The zero-order valence-electron chi connectivity index (χ0n) is 10.4. The average Bonchev–Trinajstić information content (AvgIpc) is 2.34. The average molecular weight is 280 g/mol. The smallest absolute Gasteiger partial charge is 0.292 e. The molecule has 0 aliphatic heterocycles. The molecule has 2 atom stereocenters. The molecule has 0 aromatic carbocycles. The second-order valence-electron chi connectivity index (χ2n) is 4.67. The molecule has 7 heteroatoms. The van der Waals surface area contributed by atoms with Gasteiger partial charge >= 0.3 is 0 Å². The lowest BCUT2D eigenvalue weighted by Gasteiger charge is -2.25. The highest BCUT2D eigenvalue weighted by atomic mass is 32.2. The summed E-state index contributed by atoms with van der Waals surface area (Å²) >= 11 is 0. The SMILES string of the molecule is CO[C@@H](C[C@@H](O)S(=O)(=O)O)C(=O)C1CCCCC1. The molecule has 0 saturated heterocycles. The Kier molecular flexibility index (Phi) is 5.71. The molecule has 1 fully saturated rings. The number of hydrogen-bond donors (Lipinski definition) is 2. The molecule has 1 aliphatic carbocycles. The van der Waals surface area contributed by atoms with Crippen molar-refractivity contribution in [2.75, 3.05) is 7.11 Å². The van der Waals surface area contributed by atoms with Crippen LogP contribution in [0.5, 0.6) is 0 Å². The van der Waals surface area contributed by atoms with E-state index < -0.39 is 28.1 Å². The molecule has 0 heterocycles. The van der Waals surface area contributed by atoms with Gasteiger partial charge < -0.3 is 9.84 Å². The van der Waals surface area contributed by atoms with E-state index in [0.29, 0.717) is 0 Å². The molecule has 6 nitrogen and oxygen atoms in total. The number of methoxy groups -OCH3 is 1. The van der Waals surface area contributed by atoms with E-state index in [1.54, 1.807) is 0 Å². The maximum atomic E-state index is 12.1. The molecule has 0 amide bonds. The monoisotopic (exact) mass is 280 g/mol. The van der Waals surface area contributed by atoms with Gasteiger partial charge in [0.1, 0.15) is 6.10 Å². The number of rotatable bonds is 6. The van der Waals surface area contributed by atoms with E-state index in [4.69, 9.17) is 9.29 Å². The van der Waals surface area contributed by atoms with Crippen LogP contribution in [-0.4, -0.2) is 42.5 Å². The van der Waals surface area contributed by atoms with Gasteiger partial charge in [0, 0.05) is 19.4 Å². The molecule has 0 aromatic heterocycles. The minimum atomic E-state index is -4.55. The Morgan fingerprint density at radius 3 is 2.33 bits per heavy atom. The lowest BCUT2D eigenvalue weighted by molar-refractivity contribution is -0.135. The van der Waals surface area contributed by atoms with Crippen LogP contribution in [0, 0.1) is 5.92 Å². The lowest BCUT2D eigenvalue weighted by atomic mass is 9.84. The van der Waals surface area contributed by atoms with Crippen molar-refractivity contribution in [1.82, 2.24) is 0 Å². The number of ether oxygens (including phenoxy) is 1. The van der Waals surface area contributed by atoms with Gasteiger partial charge in [0.2, 0.25) is 0 Å². The van der Waals surface area contributed by atoms with Crippen LogP contribution in [0.2, 0.25) is 0 Å². The van der Waals surface area contributed by atoms with Crippen LogP contribution in [0.15, 0.2) is 0 Å². The Morgan fingerprint density at radius 1 is 1.33 bits per heavy atom. The molecule has 0 radical (unpaired) electrons. The highest BCUT2D eigenvalue weighted by Crippen LogP contribution is 2.27. The van der Waals surface area contributed by atoms with Gasteiger partial charge in [-0.25, -0.2) is 0 Å². The van der Waals surface area contributed by atoms with Crippen LogP contribution in [0.1, 0.15) is 38.5 Å². The third kappa shape index (κ3) is 4.31. The van der Waals surface area contributed by atoms with Crippen LogP contribution in [0.4, 0.5) is 0 Å². The van der Waals surface area contributed by atoms with Crippen molar-refractivity contribution in [2.45, 2.75) is 50.1 Å². The van der Waals surface area contributed by atoms with E-state index >= 15 is 0 Å². The summed E-state index contributed by atoms with van der Waals surface area (Å²) in [7, 11) is -3.26. The maximum absolute atomic E-state index is 12.1. The predicted octanol–water partition coefficient (Wildman–Crippen LogP) is 0.747. The van der Waals surface area contributed by atoms with Gasteiger partial charge in [-0.2, -0.15) is 8.42 Å². The summed E-state index contributed by atoms with van der Waals surface area (Å²) < 4.78 is 35.1. The largest absolute Gasteiger partial charge is 0.375 e. The lowest BCUT2D eigenvalue weighted by Crippen LogP contribution is -2.36. The Morgan fingerprint density at radius 2 is 1.89 bits per heavy atom. The molecular weight excluding hydrogens is 260 g/mol. The molecule has 0 unspecified atom stereocenters. The fourth-order valence-corrected chi connectivity index (χ4v) is 2.70. The van der Waals surface area contributed by atoms with Gasteiger partial charge in [0.15, 0.2) is 11.2 Å². The summed E-state index contributed by atoms with van der Waals surface area (Å²) in [6.07, 6.45) is 3.22. The van der Waals surface area contributed by atoms with Crippen molar-refractivity contribution >= 4 is 15.9 Å². The Labute approximate surface area is 107 Å². The number of aliphatic hydroxyl groups is 1. The van der Waals surface area contributed by atoms with Crippen molar-refractivity contribution < 1.29 is 27.6 Å². The summed E-state index contributed by atoms with van der Waals surface area (Å²) in [5.41, 5.74) is -1.98. The van der Waals surface area contributed by atoms with Crippen LogP contribution < -0.4 is 0 Å². The number of carbonyl (C=O) groups excluding carboxylic acids is 1. The van der Waals surface area contributed by atoms with E-state index in [1.807, 2.05) is 0 Å². The van der Waals surface area contributed by atoms with E-state index in [9.17, 15) is 18.3 Å². The molecule has 106 valence electrons. The molecule has 0 aromatic rings. The number of carbonyl (C=O) groups is 1. The number of hydrogen-bond acceptors (Lipinski definition) is 5. The summed E-state index contributed by atoms with van der Waals surface area (Å²) in [6.45, 7) is 0. The van der Waals surface area contributed by atoms with E-state index in [0.717, 1.165) is 32.1 Å². The van der Waals surface area contributed by atoms with E-state index in [1.165, 1.54) is 7.11 Å². The second kappa shape index (κ2) is 6.60. The van der Waals surface area contributed by atoms with Gasteiger partial charge in [-0.3, -0.25) is 9.35 Å². The zero-order valence-corrected chi connectivity index (χ0v) is 11.2. The number of Topliss-reactive ketones (excluding diaryl/α,β-unsaturated/α-hetero) is 1. The van der Waals surface area contributed by atoms with Gasteiger partial charge in [0.25, 0.3) is 10.1 Å². The first kappa shape index (κ1) is 15.6. The Bertz CT molecular complexity index is 371. The number of aliphatic hydroxyl groups excluding tert-OH is 1. The topological polar surface area (TPSA) is 101 Å². The highest BCUT2D eigenvalue weighted by Gasteiger charge is 2.32. The molecule has 0 spiro atoms. The first-order chi connectivity index (χ1) is 8.36. The zero-order chi connectivity index (χ0) is 13.8. The van der Waals surface area contributed by atoms with Gasteiger partial charge in [-0.15, -0.1) is 0 Å². The van der Waals surface area contributed by atoms with Crippen molar-refractivity contribution in [2.24, 2.45) is 5.92 Å². The van der Waals surface area contributed by atoms with Crippen LogP contribution >= 0.6 is 0 Å². The quantitative estimate of drug-likeness (QED) is 0.696. The second-order valence-corrected chi connectivity index (χ2v) is 6.24. The third-order valence-corrected chi connectivity index (χ3v) is 4.25. The Balaban J connectivity index is 2.62. The van der Waals surface area contributed by atoms with Gasteiger partial charge in [0.05, 0.1) is 0 Å². The fourth-order valence-electron chi connectivity index (χ4n) is 2.28. The first-order valence-electron chi connectivity index (χ1n) is 6.07. The summed E-state index contributed by atoms with van der Waals surface area (Å²) in [4.78, 5) is 12.1. The molecule has 1 aliphatic rings. The molecule has 1 rings (SSSR count). The van der Waals surface area contributed by atoms with Gasteiger partial charge in [-0.05, 0) is 12.8 Å². The standard InChI is InChI=1S/C11H20O6S/c1-17-9(7-10(12)18(14,15)16)11(13)8-5-3-2-4-6-8/h8-10,12H,2-7H2,1H3,(H,14,15,16)/t9-,10-/m0/s1. The molecule has 2 N–H and O–H groups in total. The van der Waals surface area contributed by atoms with Crippen LogP contribution in [0.3, 0.4) is 0 Å². The predicted molar refractivity (Wildman–Crippen MR) is 64.6 cm³/mol. The van der Waals surface area contributed by atoms with Crippen LogP contribution in [0.25, 0.3) is 0 Å². The summed E-state index contributed by atoms with van der Waals surface area (Å²) in [5, 5.41) is 9.26. The molecular formula is C11H20O6S. The van der Waals surface area contributed by atoms with Crippen molar-refractivity contribution in [1.29, 1.82) is 0 Å². The van der Waals surface area contributed by atoms with Crippen LogP contribution in [-0.2, 0) is 19.6 Å². The van der Waals surface area contributed by atoms with E-state index in [2.05, 4.69) is 0 Å². The highest BCUT2D eigenvalue weighted by molar-refractivity contribution is 7.86. The minimum absolute atomic E-state index is 0.128. The molecule has 18 heavy (non-hydrogen) atoms. The van der Waals surface area contributed by atoms with Crippen molar-refractivity contribution in [3.05, 3.63) is 0 Å².